The van der Waals surface area contributed by atoms with Crippen molar-refractivity contribution in [2.45, 2.75) is 66.4 Å². The fourth-order valence-electron chi connectivity index (χ4n) is 1.40. The van der Waals surface area contributed by atoms with Gasteiger partial charge in [-0.25, -0.2) is 0 Å². The quantitative estimate of drug-likeness (QED) is 0.617. The third-order valence-corrected chi connectivity index (χ3v) is 2.67. The Labute approximate surface area is 108 Å². The first-order valence-electron chi connectivity index (χ1n) is 6.02. The lowest BCUT2D eigenvalue weighted by Crippen LogP contribution is -2.19. The third kappa shape index (κ3) is 11.4. The molecule has 0 bridgehead atoms. The van der Waals surface area contributed by atoms with Crippen molar-refractivity contribution in [3.05, 3.63) is 36.0 Å². The largest absolute Gasteiger partial charge is 0.386 e. The molecule has 0 aliphatic carbocycles. The molecule has 0 saturated heterocycles. The Morgan fingerprint density at radius 2 is 1.76 bits per heavy atom. The SMILES string of the molecule is C.C=CC(C)(O)CC/C=C(\C)CCC=C(C)C. The van der Waals surface area contributed by atoms with Gasteiger partial charge in [-0.3, -0.25) is 0 Å². The number of allylic oxidation sites excluding steroid dienone is 4. The van der Waals surface area contributed by atoms with Crippen LogP contribution in [0.4, 0.5) is 0 Å². The highest BCUT2D eigenvalue weighted by Gasteiger charge is 2.12. The highest BCUT2D eigenvalue weighted by molar-refractivity contribution is 5.03. The highest BCUT2D eigenvalue weighted by atomic mass is 16.3. The lowest BCUT2D eigenvalue weighted by Gasteiger charge is -2.16. The van der Waals surface area contributed by atoms with Gasteiger partial charge in [0, 0.05) is 0 Å². The van der Waals surface area contributed by atoms with E-state index >= 15 is 0 Å². The van der Waals surface area contributed by atoms with Crippen LogP contribution < -0.4 is 0 Å². The van der Waals surface area contributed by atoms with Gasteiger partial charge in [0.05, 0.1) is 5.60 Å². The van der Waals surface area contributed by atoms with Crippen molar-refractivity contribution in [1.29, 1.82) is 0 Å². The fraction of sp³-hybridized carbons (Fsp3) is 0.625. The van der Waals surface area contributed by atoms with Crippen molar-refractivity contribution in [3.63, 3.8) is 0 Å². The van der Waals surface area contributed by atoms with Crippen molar-refractivity contribution < 1.29 is 5.11 Å². The maximum Gasteiger partial charge on any atom is 0.0800 e. The Morgan fingerprint density at radius 1 is 1.18 bits per heavy atom. The number of aliphatic hydroxyl groups is 1. The highest BCUT2D eigenvalue weighted by Crippen LogP contribution is 2.15. The molecule has 0 fully saturated rings. The molecule has 1 atom stereocenters. The zero-order valence-corrected chi connectivity index (χ0v) is 11.2. The Balaban J connectivity index is 0. The molecule has 0 saturated carbocycles. The third-order valence-electron chi connectivity index (χ3n) is 2.67. The molecule has 1 heteroatoms. The molecule has 0 amide bonds. The summed E-state index contributed by atoms with van der Waals surface area (Å²) in [7, 11) is 0. The molecular weight excluding hydrogens is 208 g/mol. The van der Waals surface area contributed by atoms with Crippen LogP contribution in [0.25, 0.3) is 0 Å². The predicted octanol–water partition coefficient (Wildman–Crippen LogP) is 5.03. The van der Waals surface area contributed by atoms with Crippen molar-refractivity contribution in [3.8, 4) is 0 Å². The molecule has 0 aliphatic rings. The Hall–Kier alpha value is -0.820. The van der Waals surface area contributed by atoms with E-state index < -0.39 is 5.60 Å². The molecule has 0 spiro atoms. The van der Waals surface area contributed by atoms with E-state index in [4.69, 9.17) is 0 Å². The molecule has 100 valence electrons. The monoisotopic (exact) mass is 238 g/mol. The second kappa shape index (κ2) is 9.23. The van der Waals surface area contributed by atoms with Gasteiger partial charge in [-0.1, -0.05) is 36.8 Å². The molecule has 0 heterocycles. The minimum absolute atomic E-state index is 0. The summed E-state index contributed by atoms with van der Waals surface area (Å²) in [5.74, 6) is 0. The van der Waals surface area contributed by atoms with Crippen LogP contribution in [0.2, 0.25) is 0 Å². The number of hydrogen-bond acceptors (Lipinski definition) is 1. The van der Waals surface area contributed by atoms with Gasteiger partial charge in [-0.05, 0) is 53.4 Å². The minimum atomic E-state index is -0.726. The van der Waals surface area contributed by atoms with E-state index in [1.165, 1.54) is 11.1 Å². The van der Waals surface area contributed by atoms with E-state index in [-0.39, 0.29) is 7.43 Å². The fourth-order valence-corrected chi connectivity index (χ4v) is 1.40. The molecule has 1 nitrogen and oxygen atoms in total. The summed E-state index contributed by atoms with van der Waals surface area (Å²) < 4.78 is 0. The first-order chi connectivity index (χ1) is 7.37. The van der Waals surface area contributed by atoms with Crippen LogP contribution in [0.15, 0.2) is 36.0 Å². The standard InChI is InChI=1S/C15H26O.CH4/c1-6-15(5,16)12-8-11-14(4)10-7-9-13(2)3;/h6,9,11,16H,1,7-8,10,12H2,2-5H3;1H4/b14-11+;. The van der Waals surface area contributed by atoms with Gasteiger partial charge in [0.15, 0.2) is 0 Å². The zero-order chi connectivity index (χ0) is 12.6. The maximum atomic E-state index is 9.73. The topological polar surface area (TPSA) is 20.2 Å². The van der Waals surface area contributed by atoms with Gasteiger partial charge in [0.1, 0.15) is 0 Å². The van der Waals surface area contributed by atoms with Crippen molar-refractivity contribution >= 4 is 0 Å². The number of hydrogen-bond donors (Lipinski definition) is 1. The normalized spacial score (nSPS) is 14.5. The summed E-state index contributed by atoms with van der Waals surface area (Å²) >= 11 is 0. The summed E-state index contributed by atoms with van der Waals surface area (Å²) in [6.07, 6.45) is 9.98. The molecule has 1 N–H and O–H groups in total. The van der Waals surface area contributed by atoms with Crippen molar-refractivity contribution in [2.75, 3.05) is 0 Å². The first-order valence-corrected chi connectivity index (χ1v) is 6.02. The summed E-state index contributed by atoms with van der Waals surface area (Å²) in [6, 6.07) is 0. The molecule has 0 aromatic rings. The Kier molecular flexibility index (Phi) is 10.1. The molecule has 17 heavy (non-hydrogen) atoms. The second-order valence-corrected chi connectivity index (χ2v) is 4.97. The van der Waals surface area contributed by atoms with Gasteiger partial charge >= 0.3 is 0 Å². The summed E-state index contributed by atoms with van der Waals surface area (Å²) in [5.41, 5.74) is 2.05. The average molecular weight is 238 g/mol. The molecule has 0 aliphatic heterocycles. The molecule has 1 unspecified atom stereocenters. The van der Waals surface area contributed by atoms with Crippen molar-refractivity contribution in [2.24, 2.45) is 0 Å². The van der Waals surface area contributed by atoms with Gasteiger partial charge in [0.2, 0.25) is 0 Å². The van der Waals surface area contributed by atoms with E-state index in [1.54, 1.807) is 13.0 Å². The average Bonchev–Trinajstić information content (AvgIpc) is 2.17. The zero-order valence-electron chi connectivity index (χ0n) is 11.2. The minimum Gasteiger partial charge on any atom is -0.386 e. The van der Waals surface area contributed by atoms with E-state index in [0.717, 1.165) is 25.7 Å². The van der Waals surface area contributed by atoms with E-state index in [1.807, 2.05) is 0 Å². The van der Waals surface area contributed by atoms with Gasteiger partial charge in [-0.15, -0.1) is 6.58 Å². The first kappa shape index (κ1) is 18.5. The van der Waals surface area contributed by atoms with Crippen LogP contribution in [0.1, 0.15) is 60.8 Å². The molecule has 0 aromatic heterocycles. The Bertz CT molecular complexity index is 265. The van der Waals surface area contributed by atoms with Gasteiger partial charge in [-0.2, -0.15) is 0 Å². The van der Waals surface area contributed by atoms with Crippen LogP contribution in [0.3, 0.4) is 0 Å². The second-order valence-electron chi connectivity index (χ2n) is 4.97. The van der Waals surface area contributed by atoms with Crippen LogP contribution in [-0.4, -0.2) is 10.7 Å². The lowest BCUT2D eigenvalue weighted by atomic mass is 9.99. The number of rotatable bonds is 7. The van der Waals surface area contributed by atoms with Crippen LogP contribution in [-0.2, 0) is 0 Å². The summed E-state index contributed by atoms with van der Waals surface area (Å²) in [6.45, 7) is 11.8. The summed E-state index contributed by atoms with van der Waals surface area (Å²) in [5, 5.41) is 9.73. The molecule has 0 radical (unpaired) electrons. The van der Waals surface area contributed by atoms with Crippen LogP contribution >= 0.6 is 0 Å². The van der Waals surface area contributed by atoms with Crippen LogP contribution in [0, 0.1) is 0 Å². The van der Waals surface area contributed by atoms with Crippen molar-refractivity contribution in [1.82, 2.24) is 0 Å². The van der Waals surface area contributed by atoms with E-state index in [0.29, 0.717) is 0 Å². The van der Waals surface area contributed by atoms with Gasteiger partial charge in [0.25, 0.3) is 0 Å². The lowest BCUT2D eigenvalue weighted by molar-refractivity contribution is 0.103. The summed E-state index contributed by atoms with van der Waals surface area (Å²) in [4.78, 5) is 0. The van der Waals surface area contributed by atoms with Crippen LogP contribution in [0.5, 0.6) is 0 Å². The van der Waals surface area contributed by atoms with E-state index in [2.05, 4.69) is 39.5 Å². The Morgan fingerprint density at radius 3 is 2.24 bits per heavy atom. The van der Waals surface area contributed by atoms with Gasteiger partial charge < -0.3 is 5.11 Å². The predicted molar refractivity (Wildman–Crippen MR) is 79.2 cm³/mol. The maximum absolute atomic E-state index is 9.73. The smallest absolute Gasteiger partial charge is 0.0800 e. The molecular formula is C16H30O. The molecule has 0 aromatic carbocycles. The molecule has 0 rings (SSSR count). The van der Waals surface area contributed by atoms with E-state index in [9.17, 15) is 5.11 Å².